The average Bonchev–Trinajstić information content (AvgIpc) is 2.56. The molecule has 0 aliphatic carbocycles. The van der Waals surface area contributed by atoms with E-state index >= 15 is 0 Å². The zero-order valence-electron chi connectivity index (χ0n) is 8.66. The van der Waals surface area contributed by atoms with Crippen molar-refractivity contribution in [3.8, 4) is 5.75 Å². The molecule has 0 saturated heterocycles. The second-order valence-electron chi connectivity index (χ2n) is 3.71. The van der Waals surface area contributed by atoms with Crippen molar-refractivity contribution in [2.24, 2.45) is 5.73 Å². The van der Waals surface area contributed by atoms with Crippen molar-refractivity contribution in [2.75, 3.05) is 32.1 Å². The molecule has 0 aromatic heterocycles. The van der Waals surface area contributed by atoms with Crippen LogP contribution in [0.25, 0.3) is 0 Å². The zero-order valence-corrected chi connectivity index (χ0v) is 8.66. The Morgan fingerprint density at radius 1 is 1.57 bits per heavy atom. The quantitative estimate of drug-likeness (QED) is 0.765. The Bertz CT molecular complexity index is 338. The van der Waals surface area contributed by atoms with Gasteiger partial charge < -0.3 is 15.4 Å². The molecular formula is C11H16N2O. The van der Waals surface area contributed by atoms with E-state index in [1.54, 1.807) is 7.11 Å². The number of hydrogen-bond acceptors (Lipinski definition) is 3. The molecule has 2 N–H and O–H groups in total. The molecule has 0 amide bonds. The van der Waals surface area contributed by atoms with Gasteiger partial charge in [-0.25, -0.2) is 0 Å². The third kappa shape index (κ3) is 1.24. The first-order chi connectivity index (χ1) is 6.77. The highest BCUT2D eigenvalue weighted by molar-refractivity contribution is 5.65. The SMILES string of the molecule is COc1cccc2c1C(CN)CN2C. The van der Waals surface area contributed by atoms with Gasteiger partial charge in [-0.15, -0.1) is 0 Å². The summed E-state index contributed by atoms with van der Waals surface area (Å²) in [6.07, 6.45) is 0. The van der Waals surface area contributed by atoms with Gasteiger partial charge in [0.05, 0.1) is 7.11 Å². The van der Waals surface area contributed by atoms with E-state index in [9.17, 15) is 0 Å². The summed E-state index contributed by atoms with van der Waals surface area (Å²) < 4.78 is 5.36. The maximum absolute atomic E-state index is 5.75. The van der Waals surface area contributed by atoms with Crippen LogP contribution in [0, 0.1) is 0 Å². The van der Waals surface area contributed by atoms with Crippen LogP contribution in [0.4, 0.5) is 5.69 Å². The second kappa shape index (κ2) is 3.50. The Labute approximate surface area is 84.5 Å². The van der Waals surface area contributed by atoms with E-state index in [4.69, 9.17) is 10.5 Å². The summed E-state index contributed by atoms with van der Waals surface area (Å²) in [6.45, 7) is 1.67. The summed E-state index contributed by atoms with van der Waals surface area (Å²) in [7, 11) is 3.80. The molecule has 0 bridgehead atoms. The molecule has 1 atom stereocenters. The molecule has 0 fully saturated rings. The molecule has 3 heteroatoms. The van der Waals surface area contributed by atoms with Gasteiger partial charge in [-0.05, 0) is 12.1 Å². The second-order valence-corrected chi connectivity index (χ2v) is 3.71. The third-order valence-corrected chi connectivity index (χ3v) is 2.86. The van der Waals surface area contributed by atoms with Gasteiger partial charge in [0.15, 0.2) is 0 Å². The molecule has 1 unspecified atom stereocenters. The van der Waals surface area contributed by atoms with Crippen LogP contribution >= 0.6 is 0 Å². The highest BCUT2D eigenvalue weighted by Gasteiger charge is 2.28. The first-order valence-electron chi connectivity index (χ1n) is 4.86. The number of methoxy groups -OCH3 is 1. The highest BCUT2D eigenvalue weighted by Crippen LogP contribution is 2.40. The Balaban J connectivity index is 2.51. The maximum Gasteiger partial charge on any atom is 0.124 e. The average molecular weight is 192 g/mol. The van der Waals surface area contributed by atoms with Gasteiger partial charge in [0, 0.05) is 37.3 Å². The predicted octanol–water partition coefficient (Wildman–Crippen LogP) is 1.19. The van der Waals surface area contributed by atoms with E-state index in [-0.39, 0.29) is 0 Å². The van der Waals surface area contributed by atoms with Crippen molar-refractivity contribution < 1.29 is 4.74 Å². The zero-order chi connectivity index (χ0) is 10.1. The number of nitrogens with two attached hydrogens (primary N) is 1. The molecule has 0 saturated carbocycles. The van der Waals surface area contributed by atoms with Crippen molar-refractivity contribution in [2.45, 2.75) is 5.92 Å². The fourth-order valence-electron chi connectivity index (χ4n) is 2.17. The number of benzene rings is 1. The minimum atomic E-state index is 0.408. The minimum absolute atomic E-state index is 0.408. The molecule has 3 nitrogen and oxygen atoms in total. The Hall–Kier alpha value is -1.22. The van der Waals surface area contributed by atoms with Crippen LogP contribution in [0.15, 0.2) is 18.2 Å². The molecular weight excluding hydrogens is 176 g/mol. The van der Waals surface area contributed by atoms with Crippen molar-refractivity contribution >= 4 is 5.69 Å². The third-order valence-electron chi connectivity index (χ3n) is 2.86. The molecule has 1 aliphatic heterocycles. The lowest BCUT2D eigenvalue weighted by Gasteiger charge is -2.12. The van der Waals surface area contributed by atoms with E-state index in [1.165, 1.54) is 11.3 Å². The van der Waals surface area contributed by atoms with Crippen LogP contribution in [0.5, 0.6) is 5.75 Å². The summed E-state index contributed by atoms with van der Waals surface area (Å²) in [6, 6.07) is 6.14. The van der Waals surface area contributed by atoms with Crippen LogP contribution in [0.3, 0.4) is 0 Å². The molecule has 1 aromatic carbocycles. The number of fused-ring (bicyclic) bond motifs is 1. The van der Waals surface area contributed by atoms with E-state index in [1.807, 2.05) is 12.1 Å². The Morgan fingerprint density at radius 3 is 3.00 bits per heavy atom. The number of anilines is 1. The van der Waals surface area contributed by atoms with Crippen molar-refractivity contribution in [1.82, 2.24) is 0 Å². The summed E-state index contributed by atoms with van der Waals surface area (Å²) in [5.74, 6) is 1.37. The summed E-state index contributed by atoms with van der Waals surface area (Å²) in [4.78, 5) is 2.23. The molecule has 76 valence electrons. The number of likely N-dealkylation sites (N-methyl/N-ethyl adjacent to an activating group) is 1. The minimum Gasteiger partial charge on any atom is -0.496 e. The van der Waals surface area contributed by atoms with Crippen LogP contribution in [-0.2, 0) is 0 Å². The molecule has 1 heterocycles. The number of rotatable bonds is 2. The van der Waals surface area contributed by atoms with Crippen molar-refractivity contribution in [3.63, 3.8) is 0 Å². The lowest BCUT2D eigenvalue weighted by atomic mass is 10.0. The molecule has 0 radical (unpaired) electrons. The highest BCUT2D eigenvalue weighted by atomic mass is 16.5. The number of hydrogen-bond donors (Lipinski definition) is 1. The lowest BCUT2D eigenvalue weighted by molar-refractivity contribution is 0.408. The topological polar surface area (TPSA) is 38.5 Å². The van der Waals surface area contributed by atoms with Gasteiger partial charge in [0.1, 0.15) is 5.75 Å². The predicted molar refractivity (Wildman–Crippen MR) is 58.1 cm³/mol. The largest absolute Gasteiger partial charge is 0.496 e. The first-order valence-corrected chi connectivity index (χ1v) is 4.86. The van der Waals surface area contributed by atoms with E-state index in [0.29, 0.717) is 12.5 Å². The van der Waals surface area contributed by atoms with Crippen LogP contribution in [0.2, 0.25) is 0 Å². The monoisotopic (exact) mass is 192 g/mol. The fraction of sp³-hybridized carbons (Fsp3) is 0.455. The normalized spacial score (nSPS) is 19.6. The van der Waals surface area contributed by atoms with E-state index in [0.717, 1.165) is 12.3 Å². The summed E-state index contributed by atoms with van der Waals surface area (Å²) >= 11 is 0. The standard InChI is InChI=1S/C11H16N2O/c1-13-7-8(6-12)11-9(13)4-3-5-10(11)14-2/h3-5,8H,6-7,12H2,1-2H3. The fourth-order valence-corrected chi connectivity index (χ4v) is 2.17. The van der Waals surface area contributed by atoms with Gasteiger partial charge in [0.2, 0.25) is 0 Å². The van der Waals surface area contributed by atoms with Gasteiger partial charge in [-0.1, -0.05) is 6.07 Å². The molecule has 0 spiro atoms. The van der Waals surface area contributed by atoms with E-state index in [2.05, 4.69) is 18.0 Å². The maximum atomic E-state index is 5.75. The van der Waals surface area contributed by atoms with Gasteiger partial charge in [-0.3, -0.25) is 0 Å². The van der Waals surface area contributed by atoms with Gasteiger partial charge in [-0.2, -0.15) is 0 Å². The van der Waals surface area contributed by atoms with Crippen molar-refractivity contribution in [3.05, 3.63) is 23.8 Å². The smallest absolute Gasteiger partial charge is 0.124 e. The first kappa shape index (κ1) is 9.34. The van der Waals surface area contributed by atoms with Crippen LogP contribution in [-0.4, -0.2) is 27.2 Å². The van der Waals surface area contributed by atoms with Crippen molar-refractivity contribution in [1.29, 1.82) is 0 Å². The molecule has 1 aliphatic rings. The van der Waals surface area contributed by atoms with E-state index < -0.39 is 0 Å². The van der Waals surface area contributed by atoms with Gasteiger partial charge >= 0.3 is 0 Å². The molecule has 2 rings (SSSR count). The van der Waals surface area contributed by atoms with Crippen LogP contribution < -0.4 is 15.4 Å². The molecule has 14 heavy (non-hydrogen) atoms. The Morgan fingerprint density at radius 2 is 2.36 bits per heavy atom. The summed E-state index contributed by atoms with van der Waals surface area (Å²) in [5, 5.41) is 0. The van der Waals surface area contributed by atoms with Gasteiger partial charge in [0.25, 0.3) is 0 Å². The lowest BCUT2D eigenvalue weighted by Crippen LogP contribution is -2.20. The number of nitrogens with zero attached hydrogens (tertiary/aromatic N) is 1. The summed E-state index contributed by atoms with van der Waals surface area (Å²) in [5.41, 5.74) is 8.27. The van der Waals surface area contributed by atoms with Crippen LogP contribution in [0.1, 0.15) is 11.5 Å². The number of ether oxygens (including phenoxy) is 1. The molecule has 1 aromatic rings. The Kier molecular flexibility index (Phi) is 2.33.